The van der Waals surface area contributed by atoms with Crippen molar-refractivity contribution in [2.45, 2.75) is 20.4 Å². The first-order valence-corrected chi connectivity index (χ1v) is 5.53. The van der Waals surface area contributed by atoms with Gasteiger partial charge in [-0.25, -0.2) is 4.98 Å². The maximum Gasteiger partial charge on any atom is 0.253 e. The van der Waals surface area contributed by atoms with E-state index < -0.39 is 0 Å². The largest absolute Gasteiger partial charge is 0.353 e. The lowest BCUT2D eigenvalue weighted by molar-refractivity contribution is -0.125. The highest BCUT2D eigenvalue weighted by Gasteiger charge is 2.02. The van der Waals surface area contributed by atoms with E-state index in [0.717, 1.165) is 0 Å². The van der Waals surface area contributed by atoms with Gasteiger partial charge in [0.15, 0.2) is 0 Å². The molecule has 2 N–H and O–H groups in total. The molecule has 18 heavy (non-hydrogen) atoms. The number of hydrogen-bond acceptors (Lipinski definition) is 4. The van der Waals surface area contributed by atoms with Crippen molar-refractivity contribution >= 4 is 11.8 Å². The minimum Gasteiger partial charge on any atom is -0.353 e. The first-order valence-electron chi connectivity index (χ1n) is 5.53. The van der Waals surface area contributed by atoms with E-state index in [1.807, 2.05) is 0 Å². The molecule has 0 aliphatic carbocycles. The Labute approximate surface area is 104 Å². The molecule has 2 amide bonds. The van der Waals surface area contributed by atoms with Gasteiger partial charge in [-0.15, -0.1) is 0 Å². The first-order chi connectivity index (χ1) is 8.49. The molecule has 1 aromatic rings. The van der Waals surface area contributed by atoms with Crippen LogP contribution in [0.5, 0.6) is 0 Å². The summed E-state index contributed by atoms with van der Waals surface area (Å²) in [5.41, 5.74) is 0.504. The monoisotopic (exact) mass is 252 g/mol. The van der Waals surface area contributed by atoms with Crippen molar-refractivity contribution in [2.24, 2.45) is 0 Å². The van der Waals surface area contributed by atoms with Gasteiger partial charge in [0, 0.05) is 31.8 Å². The molecule has 0 unspecified atom stereocenters. The quantitative estimate of drug-likeness (QED) is 0.688. The van der Waals surface area contributed by atoms with E-state index in [4.69, 9.17) is 0 Å². The summed E-state index contributed by atoms with van der Waals surface area (Å²) in [5.74, 6) is -0.553. The summed E-state index contributed by atoms with van der Waals surface area (Å²) < 4.78 is 1.41. The van der Waals surface area contributed by atoms with Gasteiger partial charge in [-0.2, -0.15) is 0 Å². The van der Waals surface area contributed by atoms with Gasteiger partial charge in [0.2, 0.25) is 11.8 Å². The van der Waals surface area contributed by atoms with E-state index in [2.05, 4.69) is 15.6 Å². The van der Waals surface area contributed by atoms with Crippen LogP contribution in [0.2, 0.25) is 0 Å². The van der Waals surface area contributed by atoms with Crippen LogP contribution in [0.1, 0.15) is 12.6 Å². The Morgan fingerprint density at radius 2 is 2.11 bits per heavy atom. The number of carbonyl (C=O) groups excluding carboxylic acids is 2. The molecule has 1 heterocycles. The summed E-state index contributed by atoms with van der Waals surface area (Å²) >= 11 is 0. The molecule has 0 saturated carbocycles. The molecule has 7 heteroatoms. The van der Waals surface area contributed by atoms with Crippen LogP contribution in [0.15, 0.2) is 17.2 Å². The van der Waals surface area contributed by atoms with Crippen molar-refractivity contribution in [3.63, 3.8) is 0 Å². The lowest BCUT2D eigenvalue weighted by atomic mass is 10.4. The fourth-order valence-electron chi connectivity index (χ4n) is 1.27. The summed E-state index contributed by atoms with van der Waals surface area (Å²) in [7, 11) is 0. The van der Waals surface area contributed by atoms with Crippen LogP contribution in [-0.2, 0) is 16.1 Å². The van der Waals surface area contributed by atoms with Crippen molar-refractivity contribution in [1.82, 2.24) is 20.2 Å². The van der Waals surface area contributed by atoms with Crippen LogP contribution in [0.3, 0.4) is 0 Å². The number of nitrogens with zero attached hydrogens (tertiary/aromatic N) is 2. The summed E-state index contributed by atoms with van der Waals surface area (Å²) in [6.45, 7) is 3.67. The fourth-order valence-corrected chi connectivity index (χ4v) is 1.27. The molecule has 0 aliphatic heterocycles. The normalized spacial score (nSPS) is 9.89. The number of carbonyl (C=O) groups is 2. The lowest BCUT2D eigenvalue weighted by Crippen LogP contribution is -2.38. The highest BCUT2D eigenvalue weighted by molar-refractivity contribution is 5.83. The standard InChI is InChI=1S/C11H16N4O3/c1-8-5-11(18)15(7-14-8)4-3-12-10(17)6-13-9(2)16/h5,7H,3-4,6H2,1-2H3,(H,12,17)(H,13,16). The maximum absolute atomic E-state index is 11.5. The molecule has 1 rings (SSSR count). The number of aromatic nitrogens is 2. The zero-order valence-corrected chi connectivity index (χ0v) is 10.4. The van der Waals surface area contributed by atoms with Crippen molar-refractivity contribution < 1.29 is 9.59 Å². The van der Waals surface area contributed by atoms with E-state index in [1.54, 1.807) is 6.92 Å². The fraction of sp³-hybridized carbons (Fsp3) is 0.455. The van der Waals surface area contributed by atoms with Gasteiger partial charge in [-0.05, 0) is 6.92 Å². The van der Waals surface area contributed by atoms with Gasteiger partial charge in [0.25, 0.3) is 5.56 Å². The molecular formula is C11H16N4O3. The van der Waals surface area contributed by atoms with E-state index >= 15 is 0 Å². The summed E-state index contributed by atoms with van der Waals surface area (Å²) in [6, 6.07) is 1.43. The minimum atomic E-state index is -0.293. The molecule has 0 bridgehead atoms. The van der Waals surface area contributed by atoms with Gasteiger partial charge < -0.3 is 10.6 Å². The molecule has 98 valence electrons. The average molecular weight is 252 g/mol. The first kappa shape index (κ1) is 13.9. The Hall–Kier alpha value is -2.18. The third kappa shape index (κ3) is 4.77. The smallest absolute Gasteiger partial charge is 0.253 e. The molecule has 0 spiro atoms. The minimum absolute atomic E-state index is 0.0591. The van der Waals surface area contributed by atoms with Gasteiger partial charge >= 0.3 is 0 Å². The van der Waals surface area contributed by atoms with E-state index in [-0.39, 0.29) is 23.9 Å². The zero-order valence-electron chi connectivity index (χ0n) is 10.4. The summed E-state index contributed by atoms with van der Waals surface area (Å²) in [4.78, 5) is 37.3. The predicted octanol–water partition coefficient (Wildman–Crippen LogP) is -1.20. The van der Waals surface area contributed by atoms with Gasteiger partial charge in [-0.1, -0.05) is 0 Å². The molecule has 0 aromatic carbocycles. The van der Waals surface area contributed by atoms with Gasteiger partial charge in [0.05, 0.1) is 12.9 Å². The van der Waals surface area contributed by atoms with E-state index in [9.17, 15) is 14.4 Å². The molecule has 0 radical (unpaired) electrons. The third-order valence-corrected chi connectivity index (χ3v) is 2.19. The van der Waals surface area contributed by atoms with Crippen LogP contribution in [-0.4, -0.2) is 34.5 Å². The maximum atomic E-state index is 11.5. The van der Waals surface area contributed by atoms with E-state index in [1.165, 1.54) is 23.9 Å². The zero-order chi connectivity index (χ0) is 13.5. The third-order valence-electron chi connectivity index (χ3n) is 2.19. The van der Waals surface area contributed by atoms with Crippen LogP contribution in [0.4, 0.5) is 0 Å². The molecular weight excluding hydrogens is 236 g/mol. The highest BCUT2D eigenvalue weighted by atomic mass is 16.2. The Kier molecular flexibility index (Phi) is 5.04. The summed E-state index contributed by atoms with van der Waals surface area (Å²) in [5, 5.41) is 4.97. The topological polar surface area (TPSA) is 93.1 Å². The molecule has 0 atom stereocenters. The molecule has 0 saturated heterocycles. The average Bonchev–Trinajstić information content (AvgIpc) is 2.29. The Morgan fingerprint density at radius 1 is 1.39 bits per heavy atom. The van der Waals surface area contributed by atoms with Gasteiger partial charge in [0.1, 0.15) is 0 Å². The van der Waals surface area contributed by atoms with Crippen LogP contribution < -0.4 is 16.2 Å². The van der Waals surface area contributed by atoms with Crippen molar-refractivity contribution in [2.75, 3.05) is 13.1 Å². The molecule has 7 nitrogen and oxygen atoms in total. The molecule has 0 aliphatic rings. The molecule has 1 aromatic heterocycles. The lowest BCUT2D eigenvalue weighted by Gasteiger charge is -2.07. The number of amides is 2. The predicted molar refractivity (Wildman–Crippen MR) is 64.9 cm³/mol. The SMILES string of the molecule is CC(=O)NCC(=O)NCCn1cnc(C)cc1=O. The molecule has 0 fully saturated rings. The number of rotatable bonds is 5. The van der Waals surface area contributed by atoms with E-state index in [0.29, 0.717) is 18.8 Å². The number of hydrogen-bond donors (Lipinski definition) is 2. The Bertz CT molecular complexity index is 495. The van der Waals surface area contributed by atoms with Crippen LogP contribution in [0.25, 0.3) is 0 Å². The van der Waals surface area contributed by atoms with Crippen molar-refractivity contribution in [3.8, 4) is 0 Å². The van der Waals surface area contributed by atoms with Crippen molar-refractivity contribution in [3.05, 3.63) is 28.4 Å². The second-order valence-corrected chi connectivity index (χ2v) is 3.82. The summed E-state index contributed by atoms with van der Waals surface area (Å²) in [6.07, 6.45) is 1.44. The second kappa shape index (κ2) is 6.53. The van der Waals surface area contributed by atoms with Crippen LogP contribution >= 0.6 is 0 Å². The Balaban J connectivity index is 2.35. The van der Waals surface area contributed by atoms with Crippen molar-refractivity contribution in [1.29, 1.82) is 0 Å². The number of nitrogens with one attached hydrogen (secondary N) is 2. The van der Waals surface area contributed by atoms with Gasteiger partial charge in [-0.3, -0.25) is 19.0 Å². The highest BCUT2D eigenvalue weighted by Crippen LogP contribution is 1.84. The number of aryl methyl sites for hydroxylation is 1. The second-order valence-electron chi connectivity index (χ2n) is 3.82. The van der Waals surface area contributed by atoms with Crippen LogP contribution in [0, 0.1) is 6.92 Å². The Morgan fingerprint density at radius 3 is 2.72 bits per heavy atom.